The Kier molecular flexibility index (Phi) is 3.05. The molecule has 0 radical (unpaired) electrons. The first-order valence-corrected chi connectivity index (χ1v) is 6.25. The summed E-state index contributed by atoms with van der Waals surface area (Å²) in [6.45, 7) is 1.77. The molecule has 3 rings (SSSR count). The molecule has 0 spiro atoms. The molecular formula is C12H9N5O5. The first kappa shape index (κ1) is 13.7. The van der Waals surface area contributed by atoms with E-state index in [1.54, 1.807) is 6.92 Å². The van der Waals surface area contributed by atoms with E-state index in [9.17, 15) is 19.7 Å². The van der Waals surface area contributed by atoms with Crippen molar-refractivity contribution in [1.82, 2.24) is 19.8 Å². The van der Waals surface area contributed by atoms with Crippen LogP contribution in [-0.4, -0.2) is 37.3 Å². The predicted octanol–water partition coefficient (Wildman–Crippen LogP) is 0.656. The molecule has 112 valence electrons. The summed E-state index contributed by atoms with van der Waals surface area (Å²) in [4.78, 5) is 37.9. The molecule has 0 fully saturated rings. The van der Waals surface area contributed by atoms with Crippen LogP contribution >= 0.6 is 0 Å². The van der Waals surface area contributed by atoms with Crippen LogP contribution in [0.4, 0.5) is 5.69 Å². The lowest BCUT2D eigenvalue weighted by atomic mass is 10.2. The second-order valence-electron chi connectivity index (χ2n) is 4.32. The molecule has 1 N–H and O–H groups in total. The van der Waals surface area contributed by atoms with Crippen molar-refractivity contribution in [1.29, 1.82) is 0 Å². The fourth-order valence-corrected chi connectivity index (χ4v) is 2.07. The van der Waals surface area contributed by atoms with Crippen LogP contribution in [0.2, 0.25) is 0 Å². The van der Waals surface area contributed by atoms with Gasteiger partial charge in [-0.15, -0.1) is 5.10 Å². The summed E-state index contributed by atoms with van der Waals surface area (Å²) < 4.78 is 6.06. The Bertz CT molecular complexity index is 973. The lowest BCUT2D eigenvalue weighted by molar-refractivity contribution is -0.384. The average Bonchev–Trinajstić information content (AvgIpc) is 2.91. The molecule has 2 aromatic heterocycles. The van der Waals surface area contributed by atoms with E-state index in [-0.39, 0.29) is 34.5 Å². The zero-order valence-electron chi connectivity index (χ0n) is 11.3. The van der Waals surface area contributed by atoms with E-state index >= 15 is 0 Å². The zero-order valence-corrected chi connectivity index (χ0v) is 11.3. The number of hydrogen-bond donors (Lipinski definition) is 1. The number of ether oxygens (including phenoxy) is 1. The molecule has 22 heavy (non-hydrogen) atoms. The average molecular weight is 303 g/mol. The molecule has 0 aliphatic heterocycles. The summed E-state index contributed by atoms with van der Waals surface area (Å²) in [6, 6.07) is 3.72. The third-order valence-electron chi connectivity index (χ3n) is 3.03. The molecule has 0 saturated carbocycles. The van der Waals surface area contributed by atoms with Crippen LogP contribution in [0.3, 0.4) is 0 Å². The van der Waals surface area contributed by atoms with Crippen molar-refractivity contribution in [2.45, 2.75) is 6.92 Å². The van der Waals surface area contributed by atoms with Gasteiger partial charge in [-0.05, 0) is 13.0 Å². The van der Waals surface area contributed by atoms with Gasteiger partial charge in [-0.1, -0.05) is 0 Å². The number of esters is 1. The van der Waals surface area contributed by atoms with Gasteiger partial charge in [-0.2, -0.15) is 4.98 Å². The second kappa shape index (κ2) is 4.91. The minimum atomic E-state index is -0.738. The Morgan fingerprint density at radius 1 is 1.50 bits per heavy atom. The number of benzene rings is 1. The van der Waals surface area contributed by atoms with Crippen molar-refractivity contribution >= 4 is 28.2 Å². The van der Waals surface area contributed by atoms with Gasteiger partial charge in [-0.25, -0.2) is 14.5 Å². The largest absolute Gasteiger partial charge is 0.461 e. The third kappa shape index (κ3) is 1.97. The van der Waals surface area contributed by atoms with E-state index in [4.69, 9.17) is 4.74 Å². The van der Waals surface area contributed by atoms with Crippen LogP contribution < -0.4 is 5.56 Å². The Morgan fingerprint density at radius 2 is 2.27 bits per heavy atom. The Hall–Kier alpha value is -3.30. The highest BCUT2D eigenvalue weighted by molar-refractivity contribution is 5.95. The van der Waals surface area contributed by atoms with Crippen LogP contribution in [0.5, 0.6) is 0 Å². The number of carbonyl (C=O) groups excluding carboxylic acids is 1. The van der Waals surface area contributed by atoms with Gasteiger partial charge in [0.25, 0.3) is 11.2 Å². The maximum Gasteiger partial charge on any atom is 0.362 e. The van der Waals surface area contributed by atoms with Gasteiger partial charge in [-0.3, -0.25) is 14.9 Å². The normalized spacial score (nSPS) is 11.0. The van der Waals surface area contributed by atoms with E-state index in [0.29, 0.717) is 0 Å². The molecule has 0 saturated heterocycles. The van der Waals surface area contributed by atoms with Crippen LogP contribution in [0.1, 0.15) is 17.4 Å². The number of carbonyl (C=O) groups is 1. The van der Waals surface area contributed by atoms with Crippen molar-refractivity contribution in [3.8, 4) is 0 Å². The van der Waals surface area contributed by atoms with Crippen molar-refractivity contribution in [2.24, 2.45) is 0 Å². The fourth-order valence-electron chi connectivity index (χ4n) is 2.07. The van der Waals surface area contributed by atoms with Gasteiger partial charge in [0.1, 0.15) is 0 Å². The van der Waals surface area contributed by atoms with Crippen molar-refractivity contribution < 1.29 is 14.5 Å². The van der Waals surface area contributed by atoms with Gasteiger partial charge >= 0.3 is 5.97 Å². The Morgan fingerprint density at radius 3 is 2.95 bits per heavy atom. The first-order valence-electron chi connectivity index (χ1n) is 6.25. The lowest BCUT2D eigenvalue weighted by Crippen LogP contribution is -2.13. The molecule has 0 unspecified atom stereocenters. The monoisotopic (exact) mass is 303 g/mol. The third-order valence-corrected chi connectivity index (χ3v) is 3.03. The van der Waals surface area contributed by atoms with E-state index in [0.717, 1.165) is 0 Å². The highest BCUT2D eigenvalue weighted by atomic mass is 16.6. The van der Waals surface area contributed by atoms with Crippen LogP contribution in [0, 0.1) is 10.1 Å². The molecule has 0 bridgehead atoms. The number of nitrogens with zero attached hydrogens (tertiary/aromatic N) is 4. The lowest BCUT2D eigenvalue weighted by Gasteiger charge is -2.01. The summed E-state index contributed by atoms with van der Waals surface area (Å²) in [5, 5.41) is 17.3. The van der Waals surface area contributed by atoms with Crippen molar-refractivity contribution in [3.63, 3.8) is 0 Å². The molecule has 0 aliphatic rings. The number of nitro benzene ring substituents is 1. The van der Waals surface area contributed by atoms with E-state index in [2.05, 4.69) is 15.3 Å². The number of non-ortho nitro benzene ring substituents is 1. The molecule has 3 aromatic rings. The second-order valence-corrected chi connectivity index (χ2v) is 4.32. The summed E-state index contributed by atoms with van der Waals surface area (Å²) in [6.07, 6.45) is 0. The van der Waals surface area contributed by atoms with E-state index < -0.39 is 16.5 Å². The van der Waals surface area contributed by atoms with Crippen LogP contribution in [0.25, 0.3) is 16.6 Å². The maximum absolute atomic E-state index is 12.0. The minimum absolute atomic E-state index is 0.0450. The summed E-state index contributed by atoms with van der Waals surface area (Å²) in [7, 11) is 0. The summed E-state index contributed by atoms with van der Waals surface area (Å²) >= 11 is 0. The van der Waals surface area contributed by atoms with Crippen molar-refractivity contribution in [2.75, 3.05) is 6.61 Å². The fraction of sp³-hybridized carbons (Fsp3) is 0.167. The number of aromatic amines is 1. The van der Waals surface area contributed by atoms with E-state index in [1.165, 1.54) is 22.7 Å². The minimum Gasteiger partial charge on any atom is -0.461 e. The van der Waals surface area contributed by atoms with Gasteiger partial charge in [0.2, 0.25) is 5.69 Å². The quantitative estimate of drug-likeness (QED) is 0.426. The smallest absolute Gasteiger partial charge is 0.362 e. The standard InChI is InChI=1S/C12H9N5O5/c1-2-22-12(19)9-10-13-11(18)7-4-3-6(17(20)21)5-8(7)16(10)15-14-9/h3-5,15H,2H2,1H3. The summed E-state index contributed by atoms with van der Waals surface area (Å²) in [5.41, 5.74) is -0.813. The predicted molar refractivity (Wildman–Crippen MR) is 73.7 cm³/mol. The number of rotatable bonds is 3. The van der Waals surface area contributed by atoms with Gasteiger partial charge in [0.05, 0.1) is 22.4 Å². The number of hydrogen-bond acceptors (Lipinski definition) is 7. The SMILES string of the molecule is CCOC(=O)c1n[nH]n2c1nc(=O)c1ccc([N+](=O)[O-])cc12. The van der Waals surface area contributed by atoms with Gasteiger partial charge in [0, 0.05) is 12.1 Å². The number of H-pyrrole nitrogens is 1. The molecule has 10 nitrogen and oxygen atoms in total. The maximum atomic E-state index is 12.0. The van der Waals surface area contributed by atoms with Crippen molar-refractivity contribution in [3.05, 3.63) is 44.4 Å². The number of nitro groups is 1. The molecule has 1 aromatic carbocycles. The van der Waals surface area contributed by atoms with Crippen LogP contribution in [0.15, 0.2) is 23.0 Å². The molecular weight excluding hydrogens is 294 g/mol. The molecule has 0 aliphatic carbocycles. The molecule has 0 atom stereocenters. The highest BCUT2D eigenvalue weighted by Gasteiger charge is 2.20. The number of nitrogens with one attached hydrogen (secondary N) is 1. The van der Waals surface area contributed by atoms with E-state index in [1.807, 2.05) is 0 Å². The Labute approximate surface area is 121 Å². The topological polar surface area (TPSA) is 132 Å². The number of aromatic nitrogens is 4. The Balaban J connectivity index is 2.36. The van der Waals surface area contributed by atoms with Gasteiger partial charge in [0.15, 0.2) is 5.65 Å². The molecule has 2 heterocycles. The molecule has 0 amide bonds. The molecule has 10 heteroatoms. The van der Waals surface area contributed by atoms with Crippen LogP contribution in [-0.2, 0) is 4.74 Å². The highest BCUT2D eigenvalue weighted by Crippen LogP contribution is 2.19. The zero-order chi connectivity index (χ0) is 15.9. The first-order chi connectivity index (χ1) is 10.5. The number of fused-ring (bicyclic) bond motifs is 3. The van der Waals surface area contributed by atoms with Gasteiger partial charge < -0.3 is 4.74 Å². The summed E-state index contributed by atoms with van der Waals surface area (Å²) in [5.74, 6) is -0.738.